The molecule has 0 saturated heterocycles. The standard InChI is InChI=1S/C21H14N2O/c22-13-17-5-1-3-15(9-17)11-19-7-8-20(21(19)24)12-16-4-2-6-18(10-16)14-23/h1-6,9-12H,7-8H2/b19-11+,20-12+. The number of Topliss-reactive ketones (excluding diaryl/α,β-unsaturated/α-hetero) is 1. The number of carbonyl (C=O) groups is 1. The predicted octanol–water partition coefficient (Wildman–Crippen LogP) is 4.26. The van der Waals surface area contributed by atoms with Gasteiger partial charge in [0, 0.05) is 11.1 Å². The normalized spacial score (nSPS) is 17.0. The molecule has 3 nitrogen and oxygen atoms in total. The summed E-state index contributed by atoms with van der Waals surface area (Å²) in [6, 6.07) is 18.6. The average molecular weight is 310 g/mol. The van der Waals surface area contributed by atoms with Crippen molar-refractivity contribution in [2.75, 3.05) is 0 Å². The molecule has 0 heterocycles. The van der Waals surface area contributed by atoms with Crippen LogP contribution in [0.1, 0.15) is 35.1 Å². The van der Waals surface area contributed by atoms with Gasteiger partial charge in [0.05, 0.1) is 23.3 Å². The van der Waals surface area contributed by atoms with Gasteiger partial charge in [-0.3, -0.25) is 4.79 Å². The third-order valence-electron chi connectivity index (χ3n) is 3.96. The number of allylic oxidation sites excluding steroid dienone is 2. The maximum atomic E-state index is 12.6. The number of carbonyl (C=O) groups excluding carboxylic acids is 1. The van der Waals surface area contributed by atoms with Crippen LogP contribution in [0.3, 0.4) is 0 Å². The van der Waals surface area contributed by atoms with Crippen LogP contribution in [0.2, 0.25) is 0 Å². The van der Waals surface area contributed by atoms with E-state index in [2.05, 4.69) is 12.1 Å². The maximum Gasteiger partial charge on any atom is 0.185 e. The van der Waals surface area contributed by atoms with Gasteiger partial charge in [-0.05, 0) is 60.4 Å². The van der Waals surface area contributed by atoms with Crippen LogP contribution in [0.5, 0.6) is 0 Å². The van der Waals surface area contributed by atoms with Gasteiger partial charge < -0.3 is 0 Å². The molecule has 3 rings (SSSR count). The van der Waals surface area contributed by atoms with E-state index in [-0.39, 0.29) is 5.78 Å². The monoisotopic (exact) mass is 310 g/mol. The van der Waals surface area contributed by atoms with E-state index >= 15 is 0 Å². The maximum absolute atomic E-state index is 12.6. The van der Waals surface area contributed by atoms with Crippen molar-refractivity contribution in [2.45, 2.75) is 12.8 Å². The molecule has 0 spiro atoms. The molecule has 0 amide bonds. The lowest BCUT2D eigenvalue weighted by atomic mass is 10.0. The Hall–Kier alpha value is -3.43. The molecule has 0 radical (unpaired) electrons. The predicted molar refractivity (Wildman–Crippen MR) is 92.5 cm³/mol. The molecule has 0 atom stereocenters. The molecule has 1 aliphatic rings. The van der Waals surface area contributed by atoms with E-state index in [0.717, 1.165) is 22.3 Å². The van der Waals surface area contributed by atoms with Crippen molar-refractivity contribution in [3.05, 3.63) is 81.9 Å². The minimum Gasteiger partial charge on any atom is -0.289 e. The van der Waals surface area contributed by atoms with Gasteiger partial charge in [-0.1, -0.05) is 24.3 Å². The molecule has 0 bridgehead atoms. The van der Waals surface area contributed by atoms with Crippen molar-refractivity contribution >= 4 is 17.9 Å². The van der Waals surface area contributed by atoms with E-state index in [4.69, 9.17) is 10.5 Å². The van der Waals surface area contributed by atoms with E-state index in [1.165, 1.54) is 0 Å². The zero-order valence-corrected chi connectivity index (χ0v) is 13.0. The smallest absolute Gasteiger partial charge is 0.185 e. The Morgan fingerprint density at radius 2 is 1.25 bits per heavy atom. The topological polar surface area (TPSA) is 64.7 Å². The highest BCUT2D eigenvalue weighted by molar-refractivity contribution is 6.15. The summed E-state index contributed by atoms with van der Waals surface area (Å²) in [5.74, 6) is 0.0414. The summed E-state index contributed by atoms with van der Waals surface area (Å²) in [6.07, 6.45) is 5.10. The van der Waals surface area contributed by atoms with E-state index in [1.807, 2.05) is 36.4 Å². The highest BCUT2D eigenvalue weighted by atomic mass is 16.1. The lowest BCUT2D eigenvalue weighted by Gasteiger charge is -1.99. The number of nitriles is 2. The first-order valence-electron chi connectivity index (χ1n) is 7.66. The first kappa shape index (κ1) is 15.5. The van der Waals surface area contributed by atoms with Crippen molar-refractivity contribution in [2.24, 2.45) is 0 Å². The third-order valence-corrected chi connectivity index (χ3v) is 3.96. The second kappa shape index (κ2) is 6.77. The SMILES string of the molecule is N#Cc1cccc(/C=C2\CC/C(=C\c3cccc(C#N)c3)C2=O)c1. The number of hydrogen-bond acceptors (Lipinski definition) is 3. The van der Waals surface area contributed by atoms with Gasteiger partial charge in [-0.2, -0.15) is 10.5 Å². The van der Waals surface area contributed by atoms with Crippen molar-refractivity contribution in [3.8, 4) is 12.1 Å². The molecule has 0 aromatic heterocycles. The van der Waals surface area contributed by atoms with Gasteiger partial charge in [-0.25, -0.2) is 0 Å². The molecule has 1 aliphatic carbocycles. The van der Waals surface area contributed by atoms with Gasteiger partial charge >= 0.3 is 0 Å². The Morgan fingerprint density at radius 3 is 1.67 bits per heavy atom. The number of hydrogen-bond donors (Lipinski definition) is 0. The van der Waals surface area contributed by atoms with E-state index in [1.54, 1.807) is 24.3 Å². The summed E-state index contributed by atoms with van der Waals surface area (Å²) in [6.45, 7) is 0. The fraction of sp³-hybridized carbons (Fsp3) is 0.0952. The molecule has 0 aliphatic heterocycles. The number of ketones is 1. The Kier molecular flexibility index (Phi) is 4.36. The number of benzene rings is 2. The zero-order chi connectivity index (χ0) is 16.9. The van der Waals surface area contributed by atoms with E-state index in [0.29, 0.717) is 24.0 Å². The Labute approximate surface area is 140 Å². The molecule has 0 unspecified atom stereocenters. The Bertz CT molecular complexity index is 875. The Balaban J connectivity index is 1.87. The number of nitrogens with zero attached hydrogens (tertiary/aromatic N) is 2. The van der Waals surface area contributed by atoms with E-state index in [9.17, 15) is 4.79 Å². The van der Waals surface area contributed by atoms with Gasteiger partial charge in [-0.15, -0.1) is 0 Å². The highest BCUT2D eigenvalue weighted by Gasteiger charge is 2.22. The van der Waals surface area contributed by atoms with Crippen LogP contribution in [0.4, 0.5) is 0 Å². The summed E-state index contributed by atoms with van der Waals surface area (Å²) in [5.41, 5.74) is 4.41. The van der Waals surface area contributed by atoms with Crippen LogP contribution in [0, 0.1) is 22.7 Å². The molecular weight excluding hydrogens is 296 g/mol. The molecule has 0 N–H and O–H groups in total. The highest BCUT2D eigenvalue weighted by Crippen LogP contribution is 2.29. The molecule has 2 aromatic rings. The fourth-order valence-electron chi connectivity index (χ4n) is 2.78. The van der Waals surface area contributed by atoms with Gasteiger partial charge in [0.1, 0.15) is 0 Å². The van der Waals surface area contributed by atoms with Crippen LogP contribution in [0.15, 0.2) is 59.7 Å². The van der Waals surface area contributed by atoms with Crippen molar-refractivity contribution < 1.29 is 4.79 Å². The molecular formula is C21H14N2O. The minimum atomic E-state index is 0.0414. The quantitative estimate of drug-likeness (QED) is 0.778. The third kappa shape index (κ3) is 3.32. The number of rotatable bonds is 2. The van der Waals surface area contributed by atoms with Crippen LogP contribution >= 0.6 is 0 Å². The largest absolute Gasteiger partial charge is 0.289 e. The van der Waals surface area contributed by atoms with E-state index < -0.39 is 0 Å². The van der Waals surface area contributed by atoms with Crippen molar-refractivity contribution in [1.29, 1.82) is 10.5 Å². The summed E-state index contributed by atoms with van der Waals surface area (Å²) < 4.78 is 0. The Morgan fingerprint density at radius 1 is 0.792 bits per heavy atom. The molecule has 1 saturated carbocycles. The molecule has 114 valence electrons. The molecule has 3 heteroatoms. The second-order valence-electron chi connectivity index (χ2n) is 5.64. The van der Waals surface area contributed by atoms with Crippen molar-refractivity contribution in [3.63, 3.8) is 0 Å². The lowest BCUT2D eigenvalue weighted by Crippen LogP contribution is -1.95. The van der Waals surface area contributed by atoms with Gasteiger partial charge in [0.2, 0.25) is 0 Å². The summed E-state index contributed by atoms with van der Waals surface area (Å²) in [5, 5.41) is 17.9. The average Bonchev–Trinajstić information content (AvgIpc) is 2.95. The zero-order valence-electron chi connectivity index (χ0n) is 13.0. The van der Waals surface area contributed by atoms with Crippen LogP contribution in [0.25, 0.3) is 12.2 Å². The van der Waals surface area contributed by atoms with Gasteiger partial charge in [0.25, 0.3) is 0 Å². The first-order valence-corrected chi connectivity index (χ1v) is 7.66. The van der Waals surface area contributed by atoms with Gasteiger partial charge in [0.15, 0.2) is 5.78 Å². The summed E-state index contributed by atoms with van der Waals surface area (Å²) in [4.78, 5) is 12.6. The molecule has 1 fully saturated rings. The minimum absolute atomic E-state index is 0.0414. The molecule has 2 aromatic carbocycles. The second-order valence-corrected chi connectivity index (χ2v) is 5.64. The van der Waals surface area contributed by atoms with Crippen LogP contribution < -0.4 is 0 Å². The fourth-order valence-corrected chi connectivity index (χ4v) is 2.78. The summed E-state index contributed by atoms with van der Waals surface area (Å²) in [7, 11) is 0. The van der Waals surface area contributed by atoms with Crippen LogP contribution in [-0.4, -0.2) is 5.78 Å². The lowest BCUT2D eigenvalue weighted by molar-refractivity contribution is -0.111. The van der Waals surface area contributed by atoms with Crippen LogP contribution in [-0.2, 0) is 4.79 Å². The molecule has 24 heavy (non-hydrogen) atoms. The summed E-state index contributed by atoms with van der Waals surface area (Å²) >= 11 is 0. The first-order chi connectivity index (χ1) is 11.7. The van der Waals surface area contributed by atoms with Crippen molar-refractivity contribution in [1.82, 2.24) is 0 Å².